The minimum Gasteiger partial charge on any atom is -0.399 e. The van der Waals surface area contributed by atoms with E-state index in [9.17, 15) is 0 Å². The molecule has 0 aliphatic heterocycles. The molecule has 0 aliphatic rings. The average Bonchev–Trinajstić information content (AvgIpc) is 1.38. The van der Waals surface area contributed by atoms with Crippen molar-refractivity contribution < 1.29 is 0 Å². The molecule has 0 aromatic carbocycles. The molecule has 0 bridgehead atoms. The van der Waals surface area contributed by atoms with Gasteiger partial charge in [0.2, 0.25) is 0 Å². The Labute approximate surface area is 37.0 Å². The SMILES string of the molecule is C[CH2][Al]([NH2])[NH2]. The maximum atomic E-state index is 5.21. The Kier molecular flexibility index (Phi) is 2.92. The van der Waals surface area contributed by atoms with Crippen LogP contribution in [0.5, 0.6) is 0 Å². The molecule has 0 aliphatic carbocycles. The molecule has 4 N–H and O–H groups in total. The van der Waals surface area contributed by atoms with Crippen molar-refractivity contribution >= 4 is 14.6 Å². The van der Waals surface area contributed by atoms with Gasteiger partial charge in [0, 0.05) is 0 Å². The third-order valence-corrected chi connectivity index (χ3v) is 1.41. The van der Waals surface area contributed by atoms with Crippen molar-refractivity contribution in [3.8, 4) is 0 Å². The van der Waals surface area contributed by atoms with Crippen LogP contribution in [0, 0.1) is 0 Å². The van der Waals surface area contributed by atoms with E-state index < -0.39 is 14.6 Å². The van der Waals surface area contributed by atoms with Gasteiger partial charge in [-0.1, -0.05) is 12.2 Å². The van der Waals surface area contributed by atoms with Crippen molar-refractivity contribution in [1.82, 2.24) is 0 Å². The average molecular weight is 88.1 g/mol. The van der Waals surface area contributed by atoms with E-state index in [1.54, 1.807) is 0 Å². The van der Waals surface area contributed by atoms with Crippen molar-refractivity contribution in [3.63, 3.8) is 0 Å². The lowest BCUT2D eigenvalue weighted by Crippen LogP contribution is -2.35. The second kappa shape index (κ2) is 2.68. The van der Waals surface area contributed by atoms with Crippen LogP contribution < -0.4 is 9.43 Å². The largest absolute Gasteiger partial charge is 0.476 e. The maximum Gasteiger partial charge on any atom is 0.476 e. The van der Waals surface area contributed by atoms with Crippen molar-refractivity contribution in [3.05, 3.63) is 0 Å². The van der Waals surface area contributed by atoms with Crippen LogP contribution in [0.2, 0.25) is 5.28 Å². The molecular weight excluding hydrogens is 79.0 g/mol. The molecular formula is C2H9AlN2. The molecule has 0 rings (SSSR count). The van der Waals surface area contributed by atoms with E-state index in [-0.39, 0.29) is 0 Å². The van der Waals surface area contributed by atoms with Crippen LogP contribution in [0.4, 0.5) is 0 Å². The zero-order chi connectivity index (χ0) is 4.28. The first kappa shape index (κ1) is 5.45. The lowest BCUT2D eigenvalue weighted by Gasteiger charge is -1.81. The molecule has 0 radical (unpaired) electrons. The Hall–Kier alpha value is 0.452. The molecule has 0 amide bonds. The highest BCUT2D eigenvalue weighted by molar-refractivity contribution is 6.51. The lowest BCUT2D eigenvalue weighted by molar-refractivity contribution is 1.36. The normalized spacial score (nSPS) is 7.80. The van der Waals surface area contributed by atoms with Gasteiger partial charge in [0.25, 0.3) is 0 Å². The van der Waals surface area contributed by atoms with E-state index in [2.05, 4.69) is 0 Å². The van der Waals surface area contributed by atoms with Crippen LogP contribution in [-0.4, -0.2) is 14.6 Å². The second-order valence-electron chi connectivity index (χ2n) is 1.07. The van der Waals surface area contributed by atoms with E-state index in [0.717, 1.165) is 5.28 Å². The third kappa shape index (κ3) is 4.45. The standard InChI is InChI=1S/C2H5.Al.2H2N/c1-2;;;/h1H2,2H3;;2*1H2/q;+2;2*-1. The Morgan fingerprint density at radius 1 is 1.60 bits per heavy atom. The predicted octanol–water partition coefficient (Wildman–Crippen LogP) is -0.588. The molecule has 0 fully saturated rings. The zero-order valence-electron chi connectivity index (χ0n) is 3.44. The van der Waals surface area contributed by atoms with Gasteiger partial charge in [-0.2, -0.15) is 0 Å². The summed E-state index contributed by atoms with van der Waals surface area (Å²) in [6.07, 6.45) is 0. The minimum atomic E-state index is -1.15. The van der Waals surface area contributed by atoms with Crippen molar-refractivity contribution in [2.45, 2.75) is 12.2 Å². The monoisotopic (exact) mass is 88.1 g/mol. The van der Waals surface area contributed by atoms with Crippen LogP contribution >= 0.6 is 0 Å². The number of nitrogens with two attached hydrogens (primary N) is 2. The molecule has 0 aromatic rings. The van der Waals surface area contributed by atoms with Gasteiger partial charge in [0.1, 0.15) is 0 Å². The summed E-state index contributed by atoms with van der Waals surface area (Å²) in [6, 6.07) is 0. The Morgan fingerprint density at radius 3 is 1.80 bits per heavy atom. The molecule has 2 nitrogen and oxygen atoms in total. The molecule has 0 heterocycles. The highest BCUT2D eigenvalue weighted by Gasteiger charge is 1.97. The van der Waals surface area contributed by atoms with E-state index in [1.165, 1.54) is 0 Å². The second-order valence-corrected chi connectivity index (χ2v) is 3.22. The Bertz CT molecular complexity index is 21.6. The van der Waals surface area contributed by atoms with Crippen molar-refractivity contribution in [2.24, 2.45) is 9.43 Å². The highest BCUT2D eigenvalue weighted by Crippen LogP contribution is 1.66. The van der Waals surface area contributed by atoms with Gasteiger partial charge >= 0.3 is 14.6 Å². The molecule has 0 unspecified atom stereocenters. The fourth-order valence-electron chi connectivity index (χ4n) is 0. The van der Waals surface area contributed by atoms with Gasteiger partial charge in [-0.25, -0.2) is 0 Å². The summed E-state index contributed by atoms with van der Waals surface area (Å²) in [4.78, 5) is 0. The fraction of sp³-hybridized carbons (Fsp3) is 1.00. The summed E-state index contributed by atoms with van der Waals surface area (Å²) >= 11 is -1.15. The summed E-state index contributed by atoms with van der Waals surface area (Å²) < 4.78 is 10.4. The van der Waals surface area contributed by atoms with Crippen molar-refractivity contribution in [2.75, 3.05) is 0 Å². The van der Waals surface area contributed by atoms with Gasteiger partial charge in [-0.15, -0.1) is 0 Å². The van der Waals surface area contributed by atoms with E-state index in [0.29, 0.717) is 0 Å². The van der Waals surface area contributed by atoms with Gasteiger partial charge in [-0.3, -0.25) is 0 Å². The smallest absolute Gasteiger partial charge is 0.399 e. The lowest BCUT2D eigenvalue weighted by atomic mass is 11.0. The molecule has 3 heteroatoms. The quantitative estimate of drug-likeness (QED) is 0.421. The molecule has 0 saturated heterocycles. The van der Waals surface area contributed by atoms with Crippen LogP contribution in [0.15, 0.2) is 0 Å². The molecule has 0 saturated carbocycles. The Balaban J connectivity index is 2.54. The van der Waals surface area contributed by atoms with Gasteiger partial charge in [0.05, 0.1) is 0 Å². The van der Waals surface area contributed by atoms with E-state index >= 15 is 0 Å². The zero-order valence-corrected chi connectivity index (χ0v) is 4.59. The summed E-state index contributed by atoms with van der Waals surface area (Å²) in [5.74, 6) is 0. The first-order chi connectivity index (χ1) is 2.27. The van der Waals surface area contributed by atoms with Gasteiger partial charge in [-0.05, 0) is 0 Å². The van der Waals surface area contributed by atoms with Crippen molar-refractivity contribution in [1.29, 1.82) is 0 Å². The topological polar surface area (TPSA) is 52.0 Å². The highest BCUT2D eigenvalue weighted by atomic mass is 27.2. The molecule has 0 spiro atoms. The number of hydrogen-bond donors (Lipinski definition) is 2. The molecule has 0 atom stereocenters. The summed E-state index contributed by atoms with van der Waals surface area (Å²) in [5, 5.41) is 1.00. The third-order valence-electron chi connectivity index (χ3n) is 0.471. The minimum absolute atomic E-state index is 1.00. The van der Waals surface area contributed by atoms with Crippen LogP contribution in [0.1, 0.15) is 6.92 Å². The van der Waals surface area contributed by atoms with Crippen LogP contribution in [-0.2, 0) is 0 Å². The molecule has 5 heavy (non-hydrogen) atoms. The first-order valence-corrected chi connectivity index (χ1v) is 3.93. The first-order valence-electron chi connectivity index (χ1n) is 1.78. The van der Waals surface area contributed by atoms with Gasteiger partial charge in [0.15, 0.2) is 0 Å². The van der Waals surface area contributed by atoms with Crippen LogP contribution in [0.25, 0.3) is 0 Å². The predicted molar refractivity (Wildman–Crippen MR) is 24.6 cm³/mol. The van der Waals surface area contributed by atoms with Crippen LogP contribution in [0.3, 0.4) is 0 Å². The van der Waals surface area contributed by atoms with E-state index in [1.807, 2.05) is 6.92 Å². The molecule has 30 valence electrons. The summed E-state index contributed by atoms with van der Waals surface area (Å²) in [5.41, 5.74) is 0. The van der Waals surface area contributed by atoms with E-state index in [4.69, 9.17) is 9.43 Å². The van der Waals surface area contributed by atoms with Gasteiger partial charge < -0.3 is 9.43 Å². The Morgan fingerprint density at radius 2 is 1.80 bits per heavy atom. The number of rotatable bonds is 1. The summed E-state index contributed by atoms with van der Waals surface area (Å²) in [6.45, 7) is 2.01. The number of hydrogen-bond acceptors (Lipinski definition) is 2. The summed E-state index contributed by atoms with van der Waals surface area (Å²) in [7, 11) is 0. The maximum absolute atomic E-state index is 5.21. The molecule has 0 aromatic heterocycles. The fourth-order valence-corrected chi connectivity index (χ4v) is 0.